The summed E-state index contributed by atoms with van der Waals surface area (Å²) in [5, 5.41) is 0. The molecule has 1 unspecified atom stereocenters. The molecule has 2 rings (SSSR count). The maximum Gasteiger partial charge on any atom is 0.191 e. The third kappa shape index (κ3) is 3.18. The van der Waals surface area contributed by atoms with Crippen molar-refractivity contribution in [2.45, 2.75) is 38.2 Å². The molecule has 0 saturated heterocycles. The summed E-state index contributed by atoms with van der Waals surface area (Å²) in [6, 6.07) is 4.31. The van der Waals surface area contributed by atoms with E-state index >= 15 is 0 Å². The highest BCUT2D eigenvalue weighted by Gasteiger charge is 2.30. The van der Waals surface area contributed by atoms with Gasteiger partial charge in [0.25, 0.3) is 0 Å². The van der Waals surface area contributed by atoms with Crippen LogP contribution in [0.4, 0.5) is 4.39 Å². The fourth-order valence-corrected chi connectivity index (χ4v) is 2.93. The Morgan fingerprint density at radius 1 is 1.25 bits per heavy atom. The Labute approximate surface area is 119 Å². The van der Waals surface area contributed by atoms with Gasteiger partial charge in [0.1, 0.15) is 6.10 Å². The van der Waals surface area contributed by atoms with E-state index in [-0.39, 0.29) is 17.5 Å². The SMILES string of the molecule is COc1ccc(C(=O)C(OC)C2CCCCC2)cc1F. The van der Waals surface area contributed by atoms with Gasteiger partial charge in [-0.1, -0.05) is 19.3 Å². The molecule has 0 amide bonds. The van der Waals surface area contributed by atoms with Gasteiger partial charge >= 0.3 is 0 Å². The van der Waals surface area contributed by atoms with E-state index in [9.17, 15) is 9.18 Å². The normalized spacial score (nSPS) is 17.8. The van der Waals surface area contributed by atoms with Gasteiger partial charge in [-0.25, -0.2) is 4.39 Å². The van der Waals surface area contributed by atoms with Crippen LogP contribution in [-0.2, 0) is 4.74 Å². The van der Waals surface area contributed by atoms with Gasteiger partial charge in [-0.15, -0.1) is 0 Å². The Bertz CT molecular complexity index is 467. The Kier molecular flexibility index (Phi) is 5.12. The summed E-state index contributed by atoms with van der Waals surface area (Å²) in [6.45, 7) is 0. The second-order valence-corrected chi connectivity index (χ2v) is 5.27. The Morgan fingerprint density at radius 3 is 2.50 bits per heavy atom. The first-order chi connectivity index (χ1) is 9.67. The van der Waals surface area contributed by atoms with Crippen molar-refractivity contribution in [2.24, 2.45) is 5.92 Å². The molecule has 0 aliphatic heterocycles. The van der Waals surface area contributed by atoms with E-state index in [1.165, 1.54) is 25.7 Å². The van der Waals surface area contributed by atoms with Crippen LogP contribution in [0.3, 0.4) is 0 Å². The molecule has 0 N–H and O–H groups in total. The minimum Gasteiger partial charge on any atom is -0.494 e. The number of carbonyl (C=O) groups is 1. The molecule has 1 aliphatic carbocycles. The highest BCUT2D eigenvalue weighted by atomic mass is 19.1. The van der Waals surface area contributed by atoms with E-state index < -0.39 is 11.9 Å². The number of carbonyl (C=O) groups excluding carboxylic acids is 1. The number of ketones is 1. The van der Waals surface area contributed by atoms with Crippen molar-refractivity contribution in [3.8, 4) is 5.75 Å². The zero-order valence-electron chi connectivity index (χ0n) is 12.0. The number of hydrogen-bond acceptors (Lipinski definition) is 3. The lowest BCUT2D eigenvalue weighted by molar-refractivity contribution is 0.0314. The van der Waals surface area contributed by atoms with Crippen molar-refractivity contribution in [3.05, 3.63) is 29.6 Å². The van der Waals surface area contributed by atoms with Gasteiger partial charge in [-0.05, 0) is 37.0 Å². The summed E-state index contributed by atoms with van der Waals surface area (Å²) >= 11 is 0. The second kappa shape index (κ2) is 6.84. The summed E-state index contributed by atoms with van der Waals surface area (Å²) in [4.78, 5) is 12.5. The first kappa shape index (κ1) is 15.0. The number of benzene rings is 1. The van der Waals surface area contributed by atoms with Crippen LogP contribution in [0.2, 0.25) is 0 Å². The summed E-state index contributed by atoms with van der Waals surface area (Å²) in [6.07, 6.45) is 5.02. The maximum absolute atomic E-state index is 13.7. The lowest BCUT2D eigenvalue weighted by Crippen LogP contribution is -2.33. The van der Waals surface area contributed by atoms with Crippen LogP contribution in [0.1, 0.15) is 42.5 Å². The summed E-state index contributed by atoms with van der Waals surface area (Å²) in [5.74, 6) is -0.266. The Morgan fingerprint density at radius 2 is 1.95 bits per heavy atom. The minimum atomic E-state index is -0.517. The van der Waals surface area contributed by atoms with Gasteiger partial charge in [0, 0.05) is 12.7 Å². The Balaban J connectivity index is 2.17. The lowest BCUT2D eigenvalue weighted by Gasteiger charge is -2.28. The van der Waals surface area contributed by atoms with E-state index in [1.54, 1.807) is 13.2 Å². The molecule has 1 aromatic rings. The van der Waals surface area contributed by atoms with E-state index in [2.05, 4.69) is 0 Å². The van der Waals surface area contributed by atoms with Gasteiger partial charge in [-0.3, -0.25) is 4.79 Å². The molecule has 0 bridgehead atoms. The van der Waals surface area contributed by atoms with Crippen molar-refractivity contribution in [2.75, 3.05) is 14.2 Å². The molecular weight excluding hydrogens is 259 g/mol. The summed E-state index contributed by atoms with van der Waals surface area (Å²) in [5.41, 5.74) is 0.348. The molecule has 20 heavy (non-hydrogen) atoms. The van der Waals surface area contributed by atoms with E-state index in [0.29, 0.717) is 5.56 Å². The van der Waals surface area contributed by atoms with Gasteiger partial charge in [0.05, 0.1) is 7.11 Å². The first-order valence-corrected chi connectivity index (χ1v) is 7.08. The highest BCUT2D eigenvalue weighted by Crippen LogP contribution is 2.30. The van der Waals surface area contributed by atoms with Crippen molar-refractivity contribution in [1.29, 1.82) is 0 Å². The average molecular weight is 280 g/mol. The molecule has 0 heterocycles. The van der Waals surface area contributed by atoms with Crippen molar-refractivity contribution in [3.63, 3.8) is 0 Å². The number of halogens is 1. The predicted octanol–water partition coefficient (Wildman–Crippen LogP) is 3.61. The number of Topliss-reactive ketones (excluding diaryl/α,β-unsaturated/α-hetero) is 1. The summed E-state index contributed by atoms with van der Waals surface area (Å²) in [7, 11) is 2.96. The van der Waals surface area contributed by atoms with Crippen LogP contribution in [0.25, 0.3) is 0 Å². The lowest BCUT2D eigenvalue weighted by atomic mass is 9.82. The molecule has 0 radical (unpaired) electrons. The fourth-order valence-electron chi connectivity index (χ4n) is 2.93. The van der Waals surface area contributed by atoms with Gasteiger partial charge in [-0.2, -0.15) is 0 Å². The highest BCUT2D eigenvalue weighted by molar-refractivity contribution is 5.99. The van der Waals surface area contributed by atoms with Gasteiger partial charge in [0.2, 0.25) is 0 Å². The van der Waals surface area contributed by atoms with E-state index in [4.69, 9.17) is 9.47 Å². The molecule has 4 heteroatoms. The van der Waals surface area contributed by atoms with Crippen molar-refractivity contribution < 1.29 is 18.7 Å². The quantitative estimate of drug-likeness (QED) is 0.773. The molecular formula is C16H21FO3. The monoisotopic (exact) mass is 280 g/mol. The van der Waals surface area contributed by atoms with Crippen molar-refractivity contribution >= 4 is 5.78 Å². The number of ether oxygens (including phenoxy) is 2. The largest absolute Gasteiger partial charge is 0.494 e. The Hall–Kier alpha value is -1.42. The first-order valence-electron chi connectivity index (χ1n) is 7.08. The zero-order chi connectivity index (χ0) is 14.5. The number of methoxy groups -OCH3 is 2. The molecule has 1 aliphatic rings. The molecule has 1 saturated carbocycles. The third-order valence-corrected chi connectivity index (χ3v) is 4.03. The second-order valence-electron chi connectivity index (χ2n) is 5.27. The summed E-state index contributed by atoms with van der Waals surface area (Å²) < 4.78 is 24.0. The fraction of sp³-hybridized carbons (Fsp3) is 0.562. The maximum atomic E-state index is 13.7. The molecule has 1 atom stereocenters. The third-order valence-electron chi connectivity index (χ3n) is 4.03. The van der Waals surface area contributed by atoms with Crippen LogP contribution in [0, 0.1) is 11.7 Å². The van der Waals surface area contributed by atoms with Gasteiger partial charge in [0.15, 0.2) is 17.3 Å². The van der Waals surface area contributed by atoms with E-state index in [1.807, 2.05) is 0 Å². The zero-order valence-corrected chi connectivity index (χ0v) is 12.0. The topological polar surface area (TPSA) is 35.5 Å². The standard InChI is InChI=1S/C16H21FO3/c1-19-14-9-8-12(10-13(14)17)15(18)16(20-2)11-6-4-3-5-7-11/h8-11,16H,3-7H2,1-2H3. The predicted molar refractivity (Wildman–Crippen MR) is 74.7 cm³/mol. The van der Waals surface area contributed by atoms with Crippen LogP contribution in [-0.4, -0.2) is 26.1 Å². The smallest absolute Gasteiger partial charge is 0.191 e. The minimum absolute atomic E-state index is 0.138. The van der Waals surface area contributed by atoms with Crippen LogP contribution >= 0.6 is 0 Å². The molecule has 0 aromatic heterocycles. The average Bonchev–Trinajstić information content (AvgIpc) is 2.49. The van der Waals surface area contributed by atoms with E-state index in [0.717, 1.165) is 25.7 Å². The number of hydrogen-bond donors (Lipinski definition) is 0. The van der Waals surface area contributed by atoms with Crippen LogP contribution < -0.4 is 4.74 Å². The molecule has 0 spiro atoms. The number of rotatable bonds is 5. The van der Waals surface area contributed by atoms with Gasteiger partial charge < -0.3 is 9.47 Å². The molecule has 1 aromatic carbocycles. The van der Waals surface area contributed by atoms with Crippen molar-refractivity contribution in [1.82, 2.24) is 0 Å². The van der Waals surface area contributed by atoms with Crippen LogP contribution in [0.15, 0.2) is 18.2 Å². The molecule has 1 fully saturated rings. The molecule has 3 nitrogen and oxygen atoms in total. The van der Waals surface area contributed by atoms with Crippen LogP contribution in [0.5, 0.6) is 5.75 Å². The molecule has 110 valence electrons.